The van der Waals surface area contributed by atoms with Gasteiger partial charge in [0.05, 0.1) is 5.69 Å². The van der Waals surface area contributed by atoms with Gasteiger partial charge in [-0.25, -0.2) is 0 Å². The molecule has 1 aromatic rings. The summed E-state index contributed by atoms with van der Waals surface area (Å²) in [6.07, 6.45) is 3.90. The van der Waals surface area contributed by atoms with Crippen molar-refractivity contribution in [3.8, 4) is 0 Å². The lowest BCUT2D eigenvalue weighted by Crippen LogP contribution is -2.43. The molecule has 110 valence electrons. The van der Waals surface area contributed by atoms with E-state index in [1.54, 1.807) is 6.92 Å². The van der Waals surface area contributed by atoms with Crippen molar-refractivity contribution >= 4 is 11.6 Å². The van der Waals surface area contributed by atoms with E-state index in [9.17, 15) is 4.79 Å². The lowest BCUT2D eigenvalue weighted by molar-refractivity contribution is -0.119. The number of carbonyl (C=O) groups excluding carboxylic acids is 1. The number of amides is 1. The van der Waals surface area contributed by atoms with Crippen molar-refractivity contribution in [1.82, 2.24) is 15.2 Å². The first kappa shape index (κ1) is 14.8. The zero-order chi connectivity index (χ0) is 14.4. The standard InChI is InChI=1S/C15H24N4O/c1-3-16-14-4-7-17-15(10-14)11-19-8-5-13(6-9-19)18-12(2)20/h4,7,10,13H,3,5-6,8-9,11H2,1-2H3,(H,16,17)(H,18,20). The molecule has 1 aromatic heterocycles. The lowest BCUT2D eigenvalue weighted by atomic mass is 10.0. The molecule has 20 heavy (non-hydrogen) atoms. The fourth-order valence-electron chi connectivity index (χ4n) is 2.63. The van der Waals surface area contributed by atoms with Crippen LogP contribution in [0.4, 0.5) is 5.69 Å². The number of pyridine rings is 1. The maximum Gasteiger partial charge on any atom is 0.217 e. The second-order valence-corrected chi connectivity index (χ2v) is 5.32. The molecule has 0 spiro atoms. The SMILES string of the molecule is CCNc1ccnc(CN2CCC(NC(C)=O)CC2)c1. The number of rotatable bonds is 5. The molecule has 0 saturated carbocycles. The van der Waals surface area contributed by atoms with Crippen molar-refractivity contribution in [3.05, 3.63) is 24.0 Å². The van der Waals surface area contributed by atoms with Crippen molar-refractivity contribution in [2.45, 2.75) is 39.3 Å². The minimum Gasteiger partial charge on any atom is -0.385 e. The van der Waals surface area contributed by atoms with Crippen LogP contribution in [0.25, 0.3) is 0 Å². The van der Waals surface area contributed by atoms with E-state index in [1.807, 2.05) is 12.3 Å². The monoisotopic (exact) mass is 276 g/mol. The second-order valence-electron chi connectivity index (χ2n) is 5.32. The first-order chi connectivity index (χ1) is 9.67. The Morgan fingerprint density at radius 3 is 2.85 bits per heavy atom. The topological polar surface area (TPSA) is 57.3 Å². The van der Waals surface area contributed by atoms with E-state index in [0.717, 1.165) is 50.4 Å². The molecule has 0 aliphatic carbocycles. The quantitative estimate of drug-likeness (QED) is 0.858. The Morgan fingerprint density at radius 1 is 1.45 bits per heavy atom. The van der Waals surface area contributed by atoms with E-state index < -0.39 is 0 Å². The van der Waals surface area contributed by atoms with Gasteiger partial charge >= 0.3 is 0 Å². The van der Waals surface area contributed by atoms with Crippen molar-refractivity contribution in [1.29, 1.82) is 0 Å². The molecule has 5 heteroatoms. The van der Waals surface area contributed by atoms with Gasteiger partial charge < -0.3 is 10.6 Å². The predicted octanol–water partition coefficient (Wildman–Crippen LogP) is 1.61. The highest BCUT2D eigenvalue weighted by Crippen LogP contribution is 2.15. The molecule has 0 unspecified atom stereocenters. The summed E-state index contributed by atoms with van der Waals surface area (Å²) in [5.74, 6) is 0.0726. The van der Waals surface area contributed by atoms with E-state index in [1.165, 1.54) is 0 Å². The molecule has 1 fully saturated rings. The summed E-state index contributed by atoms with van der Waals surface area (Å²) in [6, 6.07) is 4.45. The molecule has 2 heterocycles. The molecule has 0 radical (unpaired) electrons. The van der Waals surface area contributed by atoms with Crippen LogP contribution in [0, 0.1) is 0 Å². The van der Waals surface area contributed by atoms with Gasteiger partial charge in [-0.15, -0.1) is 0 Å². The summed E-state index contributed by atoms with van der Waals surface area (Å²) in [5.41, 5.74) is 2.23. The Hall–Kier alpha value is -1.62. The summed E-state index contributed by atoms with van der Waals surface area (Å²) >= 11 is 0. The summed E-state index contributed by atoms with van der Waals surface area (Å²) in [4.78, 5) is 17.9. The highest BCUT2D eigenvalue weighted by atomic mass is 16.1. The molecule has 2 N–H and O–H groups in total. The van der Waals surface area contributed by atoms with Crippen molar-refractivity contribution in [2.24, 2.45) is 0 Å². The predicted molar refractivity (Wildman–Crippen MR) is 80.5 cm³/mol. The van der Waals surface area contributed by atoms with Gasteiger partial charge in [0.1, 0.15) is 0 Å². The van der Waals surface area contributed by atoms with Gasteiger partial charge in [0.15, 0.2) is 0 Å². The number of hydrogen-bond acceptors (Lipinski definition) is 4. The number of carbonyl (C=O) groups is 1. The average molecular weight is 276 g/mol. The number of piperidine rings is 1. The van der Waals surface area contributed by atoms with Crippen LogP contribution in [-0.2, 0) is 11.3 Å². The highest BCUT2D eigenvalue weighted by molar-refractivity contribution is 5.73. The van der Waals surface area contributed by atoms with Crippen LogP contribution in [-0.4, -0.2) is 41.5 Å². The Balaban J connectivity index is 1.83. The van der Waals surface area contributed by atoms with Gasteiger partial charge in [-0.05, 0) is 31.9 Å². The summed E-state index contributed by atoms with van der Waals surface area (Å²) in [6.45, 7) is 7.50. The number of likely N-dealkylation sites (tertiary alicyclic amines) is 1. The van der Waals surface area contributed by atoms with Crippen molar-refractivity contribution in [2.75, 3.05) is 25.0 Å². The molecule has 0 bridgehead atoms. The van der Waals surface area contributed by atoms with Gasteiger partial charge in [0.25, 0.3) is 0 Å². The lowest BCUT2D eigenvalue weighted by Gasteiger charge is -2.31. The van der Waals surface area contributed by atoms with Crippen LogP contribution in [0.15, 0.2) is 18.3 Å². The summed E-state index contributed by atoms with van der Waals surface area (Å²) < 4.78 is 0. The zero-order valence-corrected chi connectivity index (χ0v) is 12.4. The third-order valence-corrected chi connectivity index (χ3v) is 3.58. The van der Waals surface area contributed by atoms with Gasteiger partial charge in [-0.2, -0.15) is 0 Å². The molecule has 0 aromatic carbocycles. The minimum atomic E-state index is 0.0726. The third-order valence-electron chi connectivity index (χ3n) is 3.58. The molecule has 0 atom stereocenters. The van der Waals surface area contributed by atoms with Crippen molar-refractivity contribution in [3.63, 3.8) is 0 Å². The van der Waals surface area contributed by atoms with E-state index in [-0.39, 0.29) is 5.91 Å². The van der Waals surface area contributed by atoms with Crippen LogP contribution >= 0.6 is 0 Å². The Labute approximate surface area is 120 Å². The normalized spacial score (nSPS) is 16.9. The number of nitrogens with zero attached hydrogens (tertiary/aromatic N) is 2. The first-order valence-corrected chi connectivity index (χ1v) is 7.35. The minimum absolute atomic E-state index is 0.0726. The van der Waals surface area contributed by atoms with Gasteiger partial charge in [-0.3, -0.25) is 14.7 Å². The van der Waals surface area contributed by atoms with Crippen LogP contribution < -0.4 is 10.6 Å². The number of hydrogen-bond donors (Lipinski definition) is 2. The fraction of sp³-hybridized carbons (Fsp3) is 0.600. The average Bonchev–Trinajstić information content (AvgIpc) is 2.41. The molecule has 1 saturated heterocycles. The van der Waals surface area contributed by atoms with E-state index in [0.29, 0.717) is 6.04 Å². The van der Waals surface area contributed by atoms with Gasteiger partial charge in [-0.1, -0.05) is 0 Å². The molecule has 2 rings (SSSR count). The third kappa shape index (κ3) is 4.49. The molecule has 1 amide bonds. The number of aromatic nitrogens is 1. The summed E-state index contributed by atoms with van der Waals surface area (Å²) in [7, 11) is 0. The Morgan fingerprint density at radius 2 is 2.20 bits per heavy atom. The molecular weight excluding hydrogens is 252 g/mol. The molecular formula is C15H24N4O. The smallest absolute Gasteiger partial charge is 0.217 e. The van der Waals surface area contributed by atoms with Crippen LogP contribution in [0.3, 0.4) is 0 Å². The maximum absolute atomic E-state index is 11.0. The molecule has 1 aliphatic rings. The largest absolute Gasteiger partial charge is 0.385 e. The van der Waals surface area contributed by atoms with Crippen LogP contribution in [0.2, 0.25) is 0 Å². The van der Waals surface area contributed by atoms with Gasteiger partial charge in [0.2, 0.25) is 5.91 Å². The van der Waals surface area contributed by atoms with Gasteiger partial charge in [0, 0.05) is 51.0 Å². The Bertz CT molecular complexity index is 441. The highest BCUT2D eigenvalue weighted by Gasteiger charge is 2.19. The molecule has 5 nitrogen and oxygen atoms in total. The van der Waals surface area contributed by atoms with Crippen LogP contribution in [0.5, 0.6) is 0 Å². The second kappa shape index (κ2) is 7.24. The summed E-state index contributed by atoms with van der Waals surface area (Å²) in [5, 5.41) is 6.31. The number of anilines is 1. The maximum atomic E-state index is 11.0. The fourth-order valence-corrected chi connectivity index (χ4v) is 2.63. The van der Waals surface area contributed by atoms with E-state index >= 15 is 0 Å². The molecule has 1 aliphatic heterocycles. The van der Waals surface area contributed by atoms with E-state index in [4.69, 9.17) is 0 Å². The number of nitrogens with one attached hydrogen (secondary N) is 2. The van der Waals surface area contributed by atoms with Crippen LogP contribution in [0.1, 0.15) is 32.4 Å². The Kier molecular flexibility index (Phi) is 5.35. The zero-order valence-electron chi connectivity index (χ0n) is 12.4. The first-order valence-electron chi connectivity index (χ1n) is 7.35. The van der Waals surface area contributed by atoms with E-state index in [2.05, 4.69) is 33.5 Å². The van der Waals surface area contributed by atoms with Crippen molar-refractivity contribution < 1.29 is 4.79 Å².